The van der Waals surface area contributed by atoms with E-state index in [1.54, 1.807) is 34.2 Å². The molecule has 2 aliphatic rings. The highest BCUT2D eigenvalue weighted by Crippen LogP contribution is 2.32. The van der Waals surface area contributed by atoms with Crippen molar-refractivity contribution in [2.24, 2.45) is 0 Å². The Kier molecular flexibility index (Phi) is 8.90. The molecule has 238 valence electrons. The van der Waals surface area contributed by atoms with Gasteiger partial charge in [-0.25, -0.2) is 9.18 Å². The number of nitrogens with one attached hydrogen (secondary N) is 1. The first-order valence-corrected chi connectivity index (χ1v) is 15.5. The maximum Gasteiger partial charge on any atom is 0.332 e. The zero-order valence-electron chi connectivity index (χ0n) is 26.2. The molecule has 6 rings (SSSR count). The summed E-state index contributed by atoms with van der Waals surface area (Å²) >= 11 is 0. The van der Waals surface area contributed by atoms with E-state index in [-0.39, 0.29) is 49.3 Å². The van der Waals surface area contributed by atoms with E-state index in [9.17, 15) is 18.8 Å². The Hall–Kier alpha value is -4.96. The van der Waals surface area contributed by atoms with Crippen molar-refractivity contribution in [3.05, 3.63) is 114 Å². The Morgan fingerprint density at radius 3 is 2.37 bits per heavy atom. The van der Waals surface area contributed by atoms with Crippen LogP contribution in [0.2, 0.25) is 0 Å². The lowest BCUT2D eigenvalue weighted by Crippen LogP contribution is -2.66. The molecule has 10 heteroatoms. The number of methoxy groups -OCH3 is 1. The van der Waals surface area contributed by atoms with Crippen LogP contribution in [0.25, 0.3) is 10.8 Å². The van der Waals surface area contributed by atoms with E-state index < -0.39 is 12.2 Å². The van der Waals surface area contributed by atoms with Crippen LogP contribution in [0, 0.1) is 5.82 Å². The monoisotopic (exact) mass is 623 g/mol. The molecule has 0 unspecified atom stereocenters. The van der Waals surface area contributed by atoms with E-state index >= 15 is 0 Å². The second-order valence-electron chi connectivity index (χ2n) is 12.0. The third-order valence-corrected chi connectivity index (χ3v) is 8.73. The molecule has 4 aromatic rings. The molecule has 2 heterocycles. The molecule has 0 spiro atoms. The summed E-state index contributed by atoms with van der Waals surface area (Å²) in [6, 6.07) is 26.2. The van der Waals surface area contributed by atoms with Gasteiger partial charge in [0.25, 0.3) is 0 Å². The molecule has 0 aromatic heterocycles. The standard InChI is InChI=1S/C36H38FN5O4/c1-24(2)42(36(45)38-20-26-11-15-29(37)16-12-26)40-23-34(43)41-32(19-25-13-17-30(46-3)18-14-25)35(44)39(22-33(40)41)21-28-9-6-8-27-7-4-5-10-31(27)28/h4-18,24,32-33H,19-23H2,1-3H3,(H,38,45)/t32-,33+/m0/s1. The number of carbonyl (C=O) groups excluding carboxylic acids is 3. The number of hydrazine groups is 1. The molecule has 2 aliphatic heterocycles. The topological polar surface area (TPSA) is 85.4 Å². The van der Waals surface area contributed by atoms with Gasteiger partial charge in [-0.3, -0.25) is 14.6 Å². The molecular weight excluding hydrogens is 585 g/mol. The average Bonchev–Trinajstić information content (AvgIpc) is 3.37. The molecule has 2 saturated heterocycles. The molecule has 0 saturated carbocycles. The largest absolute Gasteiger partial charge is 0.497 e. The predicted octanol–water partition coefficient (Wildman–Crippen LogP) is 4.95. The van der Waals surface area contributed by atoms with E-state index in [0.717, 1.165) is 27.5 Å². The van der Waals surface area contributed by atoms with Gasteiger partial charge in [0, 0.05) is 25.6 Å². The molecule has 4 aromatic carbocycles. The minimum atomic E-state index is -0.754. The van der Waals surface area contributed by atoms with Crippen LogP contribution < -0.4 is 10.1 Å². The molecule has 0 aliphatic carbocycles. The number of halogens is 1. The quantitative estimate of drug-likeness (QED) is 0.286. The normalized spacial score (nSPS) is 18.3. The summed E-state index contributed by atoms with van der Waals surface area (Å²) in [6.45, 7) is 4.54. The van der Waals surface area contributed by atoms with Gasteiger partial charge in [0.2, 0.25) is 11.8 Å². The van der Waals surface area contributed by atoms with Crippen LogP contribution in [0.4, 0.5) is 9.18 Å². The molecule has 1 N–H and O–H groups in total. The lowest BCUT2D eigenvalue weighted by molar-refractivity contribution is -0.158. The maximum absolute atomic E-state index is 14.3. The van der Waals surface area contributed by atoms with E-state index in [0.29, 0.717) is 18.7 Å². The number of carbonyl (C=O) groups is 3. The zero-order chi connectivity index (χ0) is 32.4. The number of ether oxygens (including phenoxy) is 1. The fourth-order valence-corrected chi connectivity index (χ4v) is 6.49. The summed E-state index contributed by atoms with van der Waals surface area (Å²) in [6.07, 6.45) is -0.231. The van der Waals surface area contributed by atoms with Crippen LogP contribution in [-0.4, -0.2) is 76.1 Å². The number of rotatable bonds is 9. The Morgan fingerprint density at radius 1 is 0.957 bits per heavy atom. The maximum atomic E-state index is 14.3. The highest BCUT2D eigenvalue weighted by atomic mass is 19.1. The van der Waals surface area contributed by atoms with Gasteiger partial charge in [0.1, 0.15) is 23.8 Å². The van der Waals surface area contributed by atoms with Gasteiger partial charge in [-0.15, -0.1) is 0 Å². The molecular formula is C36H38FN5O4. The van der Waals surface area contributed by atoms with Crippen molar-refractivity contribution in [2.75, 3.05) is 20.2 Å². The molecule has 46 heavy (non-hydrogen) atoms. The summed E-state index contributed by atoms with van der Waals surface area (Å²) in [5, 5.41) is 8.44. The number of hydrogen-bond acceptors (Lipinski definition) is 5. The number of benzene rings is 4. The highest BCUT2D eigenvalue weighted by molar-refractivity contribution is 5.92. The minimum absolute atomic E-state index is 0.0404. The van der Waals surface area contributed by atoms with Gasteiger partial charge < -0.3 is 19.9 Å². The van der Waals surface area contributed by atoms with Gasteiger partial charge in [-0.05, 0) is 65.6 Å². The Labute approximate surface area is 268 Å². The lowest BCUT2D eigenvalue weighted by Gasteiger charge is -2.47. The fraction of sp³-hybridized carbons (Fsp3) is 0.306. The van der Waals surface area contributed by atoms with Crippen molar-refractivity contribution in [3.8, 4) is 5.75 Å². The van der Waals surface area contributed by atoms with E-state index in [2.05, 4.69) is 11.4 Å². The summed E-state index contributed by atoms with van der Waals surface area (Å²) in [5.41, 5.74) is 2.66. The number of urea groups is 1. The number of hydrogen-bond donors (Lipinski definition) is 1. The second-order valence-corrected chi connectivity index (χ2v) is 12.0. The summed E-state index contributed by atoms with van der Waals surface area (Å²) in [7, 11) is 1.60. The molecule has 9 nitrogen and oxygen atoms in total. The first kappa shape index (κ1) is 31.0. The highest BCUT2D eigenvalue weighted by Gasteiger charge is 2.52. The van der Waals surface area contributed by atoms with Gasteiger partial charge in [-0.2, -0.15) is 5.01 Å². The van der Waals surface area contributed by atoms with Crippen molar-refractivity contribution in [1.29, 1.82) is 0 Å². The Balaban J connectivity index is 1.31. The Bertz CT molecular complexity index is 1720. The summed E-state index contributed by atoms with van der Waals surface area (Å²) in [4.78, 5) is 45.2. The average molecular weight is 624 g/mol. The number of piperazine rings is 1. The van der Waals surface area contributed by atoms with E-state index in [1.165, 1.54) is 12.1 Å². The SMILES string of the molecule is COc1ccc(C[C@H]2C(=O)N(Cc3cccc4ccccc34)C[C@H]3N2C(=O)CN3N(C(=O)NCc2ccc(F)cc2)C(C)C)cc1. The van der Waals surface area contributed by atoms with E-state index in [4.69, 9.17) is 4.74 Å². The van der Waals surface area contributed by atoms with Crippen LogP contribution in [0.1, 0.15) is 30.5 Å². The van der Waals surface area contributed by atoms with Gasteiger partial charge >= 0.3 is 6.03 Å². The third-order valence-electron chi connectivity index (χ3n) is 8.73. The molecule has 0 bridgehead atoms. The fourth-order valence-electron chi connectivity index (χ4n) is 6.49. The first-order valence-electron chi connectivity index (χ1n) is 15.5. The van der Waals surface area contributed by atoms with Crippen molar-refractivity contribution in [2.45, 2.75) is 51.6 Å². The van der Waals surface area contributed by atoms with Crippen molar-refractivity contribution in [3.63, 3.8) is 0 Å². The van der Waals surface area contributed by atoms with Gasteiger partial charge in [0.05, 0.1) is 20.2 Å². The molecule has 2 fully saturated rings. The smallest absolute Gasteiger partial charge is 0.332 e. The lowest BCUT2D eigenvalue weighted by atomic mass is 9.99. The number of amides is 4. The van der Waals surface area contributed by atoms with Crippen LogP contribution in [0.15, 0.2) is 91.0 Å². The molecule has 0 radical (unpaired) electrons. The van der Waals surface area contributed by atoms with Crippen molar-refractivity contribution < 1.29 is 23.5 Å². The van der Waals surface area contributed by atoms with Gasteiger partial charge in [0.15, 0.2) is 0 Å². The zero-order valence-corrected chi connectivity index (χ0v) is 26.2. The summed E-state index contributed by atoms with van der Waals surface area (Å²) < 4.78 is 18.7. The molecule has 2 atom stereocenters. The second kappa shape index (κ2) is 13.2. The van der Waals surface area contributed by atoms with Crippen LogP contribution in [-0.2, 0) is 29.1 Å². The predicted molar refractivity (Wildman–Crippen MR) is 173 cm³/mol. The van der Waals surface area contributed by atoms with Crippen LogP contribution in [0.5, 0.6) is 5.75 Å². The number of fused-ring (bicyclic) bond motifs is 2. The van der Waals surface area contributed by atoms with Crippen LogP contribution >= 0.6 is 0 Å². The minimum Gasteiger partial charge on any atom is -0.497 e. The van der Waals surface area contributed by atoms with Crippen LogP contribution in [0.3, 0.4) is 0 Å². The number of nitrogens with zero attached hydrogens (tertiary/aromatic N) is 4. The van der Waals surface area contributed by atoms with Crippen molar-refractivity contribution >= 4 is 28.6 Å². The summed E-state index contributed by atoms with van der Waals surface area (Å²) in [5.74, 6) is 0.0150. The first-order chi connectivity index (χ1) is 22.2. The van der Waals surface area contributed by atoms with Gasteiger partial charge in [-0.1, -0.05) is 66.7 Å². The Morgan fingerprint density at radius 2 is 1.65 bits per heavy atom. The van der Waals surface area contributed by atoms with E-state index in [1.807, 2.05) is 79.4 Å². The third kappa shape index (κ3) is 6.25. The van der Waals surface area contributed by atoms with Crippen molar-refractivity contribution in [1.82, 2.24) is 25.1 Å². The molecule has 4 amide bonds.